The molecule has 0 aliphatic heterocycles. The summed E-state index contributed by atoms with van der Waals surface area (Å²) in [6, 6.07) is 6.63. The van der Waals surface area contributed by atoms with Gasteiger partial charge in [-0.2, -0.15) is 0 Å². The van der Waals surface area contributed by atoms with Crippen molar-refractivity contribution in [1.82, 2.24) is 0 Å². The van der Waals surface area contributed by atoms with Crippen molar-refractivity contribution in [3.63, 3.8) is 0 Å². The number of amides is 1. The van der Waals surface area contributed by atoms with Gasteiger partial charge in [-0.25, -0.2) is 0 Å². The van der Waals surface area contributed by atoms with Crippen LogP contribution in [0.4, 0.5) is 5.69 Å². The molecule has 0 saturated heterocycles. The topological polar surface area (TPSA) is 55.1 Å². The summed E-state index contributed by atoms with van der Waals surface area (Å²) in [6.07, 6.45) is 1.56. The third-order valence-corrected chi connectivity index (χ3v) is 2.40. The predicted octanol–water partition coefficient (Wildman–Crippen LogP) is 2.41. The lowest BCUT2D eigenvalue weighted by Gasteiger charge is -2.11. The van der Waals surface area contributed by atoms with Crippen molar-refractivity contribution in [1.29, 1.82) is 0 Å². The van der Waals surface area contributed by atoms with Gasteiger partial charge in [-0.3, -0.25) is 4.79 Å². The van der Waals surface area contributed by atoms with Crippen LogP contribution in [-0.4, -0.2) is 11.9 Å². The Bertz CT molecular complexity index is 341. The van der Waals surface area contributed by atoms with Gasteiger partial charge >= 0.3 is 0 Å². The Morgan fingerprint density at radius 2 is 2.20 bits per heavy atom. The van der Waals surface area contributed by atoms with Gasteiger partial charge in [-0.1, -0.05) is 37.1 Å². The molecule has 4 heteroatoms. The first-order valence-electron chi connectivity index (χ1n) is 4.96. The minimum atomic E-state index is -0.466. The normalized spacial score (nSPS) is 12.2. The molecule has 15 heavy (non-hydrogen) atoms. The average molecular weight is 227 g/mol. The molecule has 3 N–H and O–H groups in total. The molecule has 0 radical (unpaired) electrons. The number of rotatable bonds is 4. The fraction of sp³-hybridized carbons (Fsp3) is 0.364. The van der Waals surface area contributed by atoms with Gasteiger partial charge in [-0.05, 0) is 18.6 Å². The van der Waals surface area contributed by atoms with E-state index in [-0.39, 0.29) is 5.91 Å². The molecule has 1 atom stereocenters. The molecule has 0 heterocycles. The summed E-state index contributed by atoms with van der Waals surface area (Å²) in [7, 11) is 0. The molecule has 1 amide bonds. The molecule has 0 fully saturated rings. The van der Waals surface area contributed by atoms with Crippen LogP contribution in [0.5, 0.6) is 0 Å². The third kappa shape index (κ3) is 3.53. The summed E-state index contributed by atoms with van der Waals surface area (Å²) in [5.41, 5.74) is 6.28. The number of nitrogens with two attached hydrogens (primary N) is 1. The molecule has 0 unspecified atom stereocenters. The Morgan fingerprint density at radius 1 is 1.53 bits per heavy atom. The van der Waals surface area contributed by atoms with Crippen LogP contribution in [0.25, 0.3) is 0 Å². The SMILES string of the molecule is CCC[C@H](N)C(=O)Nc1ccccc1Cl. The molecule has 1 aromatic carbocycles. The average Bonchev–Trinajstić information content (AvgIpc) is 2.21. The number of carbonyl (C=O) groups excluding carboxylic acids is 1. The van der Waals surface area contributed by atoms with E-state index in [9.17, 15) is 4.79 Å². The molecule has 0 spiro atoms. The highest BCUT2D eigenvalue weighted by Crippen LogP contribution is 2.20. The van der Waals surface area contributed by atoms with E-state index < -0.39 is 6.04 Å². The van der Waals surface area contributed by atoms with E-state index in [1.165, 1.54) is 0 Å². The Hall–Kier alpha value is -1.06. The maximum absolute atomic E-state index is 11.6. The number of halogens is 1. The summed E-state index contributed by atoms with van der Waals surface area (Å²) < 4.78 is 0. The molecule has 1 rings (SSSR count). The van der Waals surface area contributed by atoms with Crippen LogP contribution < -0.4 is 11.1 Å². The maximum Gasteiger partial charge on any atom is 0.241 e. The Morgan fingerprint density at radius 3 is 2.80 bits per heavy atom. The molecule has 0 saturated carbocycles. The Labute approximate surface area is 94.6 Å². The Kier molecular flexibility index (Phi) is 4.59. The first-order valence-corrected chi connectivity index (χ1v) is 5.34. The number of nitrogens with one attached hydrogen (secondary N) is 1. The second kappa shape index (κ2) is 5.73. The van der Waals surface area contributed by atoms with Crippen LogP contribution in [0.3, 0.4) is 0 Å². The maximum atomic E-state index is 11.6. The van der Waals surface area contributed by atoms with Crippen molar-refractivity contribution in [2.45, 2.75) is 25.8 Å². The minimum absolute atomic E-state index is 0.190. The largest absolute Gasteiger partial charge is 0.323 e. The van der Waals surface area contributed by atoms with E-state index in [1.807, 2.05) is 19.1 Å². The highest BCUT2D eigenvalue weighted by molar-refractivity contribution is 6.33. The summed E-state index contributed by atoms with van der Waals surface area (Å²) in [5, 5.41) is 3.22. The molecule has 3 nitrogen and oxygen atoms in total. The molecular formula is C11H15ClN2O. The smallest absolute Gasteiger partial charge is 0.241 e. The Balaban J connectivity index is 2.62. The quantitative estimate of drug-likeness (QED) is 0.829. The van der Waals surface area contributed by atoms with E-state index in [1.54, 1.807) is 12.1 Å². The summed E-state index contributed by atoms with van der Waals surface area (Å²) in [5.74, 6) is -0.190. The zero-order valence-electron chi connectivity index (χ0n) is 8.66. The van der Waals surface area contributed by atoms with Crippen molar-refractivity contribution in [2.24, 2.45) is 5.73 Å². The van der Waals surface area contributed by atoms with Gasteiger partial charge < -0.3 is 11.1 Å². The van der Waals surface area contributed by atoms with Crippen LogP contribution in [-0.2, 0) is 4.79 Å². The number of para-hydroxylation sites is 1. The van der Waals surface area contributed by atoms with Crippen LogP contribution in [0.15, 0.2) is 24.3 Å². The molecule has 1 aromatic rings. The summed E-state index contributed by atoms with van der Waals surface area (Å²) in [4.78, 5) is 11.6. The number of benzene rings is 1. The highest BCUT2D eigenvalue weighted by atomic mass is 35.5. The number of hydrogen-bond acceptors (Lipinski definition) is 2. The van der Waals surface area contributed by atoms with Gasteiger partial charge in [0.2, 0.25) is 5.91 Å². The molecule has 0 aliphatic carbocycles. The van der Waals surface area contributed by atoms with E-state index in [0.717, 1.165) is 6.42 Å². The summed E-state index contributed by atoms with van der Waals surface area (Å²) in [6.45, 7) is 1.99. The lowest BCUT2D eigenvalue weighted by molar-refractivity contribution is -0.117. The van der Waals surface area contributed by atoms with Gasteiger partial charge in [0.25, 0.3) is 0 Å². The van der Waals surface area contributed by atoms with Gasteiger partial charge in [-0.15, -0.1) is 0 Å². The second-order valence-electron chi connectivity index (χ2n) is 3.36. The fourth-order valence-electron chi connectivity index (χ4n) is 1.23. The lowest BCUT2D eigenvalue weighted by Crippen LogP contribution is -2.35. The van der Waals surface area contributed by atoms with Crippen LogP contribution in [0, 0.1) is 0 Å². The number of hydrogen-bond donors (Lipinski definition) is 2. The van der Waals surface area contributed by atoms with E-state index in [2.05, 4.69) is 5.32 Å². The first kappa shape index (κ1) is 12.0. The van der Waals surface area contributed by atoms with E-state index in [0.29, 0.717) is 17.1 Å². The van der Waals surface area contributed by atoms with Crippen molar-refractivity contribution in [3.8, 4) is 0 Å². The molecule has 0 bridgehead atoms. The monoisotopic (exact) mass is 226 g/mol. The van der Waals surface area contributed by atoms with Gasteiger partial charge in [0.1, 0.15) is 0 Å². The van der Waals surface area contributed by atoms with Crippen LogP contribution in [0.2, 0.25) is 5.02 Å². The highest BCUT2D eigenvalue weighted by Gasteiger charge is 2.13. The minimum Gasteiger partial charge on any atom is -0.323 e. The number of anilines is 1. The standard InChI is InChI=1S/C11H15ClN2O/c1-2-5-9(13)11(15)14-10-7-4-3-6-8(10)12/h3-4,6-7,9H,2,5,13H2,1H3,(H,14,15)/t9-/m0/s1. The van der Waals surface area contributed by atoms with Crippen molar-refractivity contribution >= 4 is 23.2 Å². The second-order valence-corrected chi connectivity index (χ2v) is 3.77. The van der Waals surface area contributed by atoms with E-state index in [4.69, 9.17) is 17.3 Å². The lowest BCUT2D eigenvalue weighted by atomic mass is 10.1. The first-order chi connectivity index (χ1) is 7.15. The molecule has 0 aromatic heterocycles. The third-order valence-electron chi connectivity index (χ3n) is 2.07. The van der Waals surface area contributed by atoms with Crippen LogP contribution >= 0.6 is 11.6 Å². The number of carbonyl (C=O) groups is 1. The molecular weight excluding hydrogens is 212 g/mol. The van der Waals surface area contributed by atoms with Crippen molar-refractivity contribution in [3.05, 3.63) is 29.3 Å². The molecule has 0 aliphatic rings. The zero-order valence-corrected chi connectivity index (χ0v) is 9.42. The van der Waals surface area contributed by atoms with Crippen molar-refractivity contribution < 1.29 is 4.79 Å². The van der Waals surface area contributed by atoms with Crippen molar-refractivity contribution in [2.75, 3.05) is 5.32 Å². The fourth-order valence-corrected chi connectivity index (χ4v) is 1.41. The van der Waals surface area contributed by atoms with Gasteiger partial charge in [0, 0.05) is 0 Å². The predicted molar refractivity (Wildman–Crippen MR) is 63.0 cm³/mol. The van der Waals surface area contributed by atoms with E-state index >= 15 is 0 Å². The summed E-state index contributed by atoms with van der Waals surface area (Å²) >= 11 is 5.89. The van der Waals surface area contributed by atoms with Crippen LogP contribution in [0.1, 0.15) is 19.8 Å². The van der Waals surface area contributed by atoms with Gasteiger partial charge in [0.15, 0.2) is 0 Å². The zero-order chi connectivity index (χ0) is 11.3. The molecule has 82 valence electrons. The van der Waals surface area contributed by atoms with Gasteiger partial charge in [0.05, 0.1) is 16.8 Å².